The van der Waals surface area contributed by atoms with Crippen molar-refractivity contribution >= 4 is 37.5 Å². The lowest BCUT2D eigenvalue weighted by molar-refractivity contribution is -0.116. The molecule has 0 unspecified atom stereocenters. The summed E-state index contributed by atoms with van der Waals surface area (Å²) in [5.74, 6) is -0.919. The molecule has 150 valence electrons. The Kier molecular flexibility index (Phi) is 6.85. The monoisotopic (exact) mass is 468 g/mol. The third-order valence-corrected chi connectivity index (χ3v) is 7.45. The van der Waals surface area contributed by atoms with Gasteiger partial charge in [0.05, 0.1) is 17.1 Å². The molecule has 3 rings (SSSR count). The Bertz CT molecular complexity index is 929. The zero-order chi connectivity index (χ0) is 20.1. The van der Waals surface area contributed by atoms with E-state index in [1.807, 2.05) is 6.07 Å². The summed E-state index contributed by atoms with van der Waals surface area (Å²) in [7, 11) is -3.92. The summed E-state index contributed by atoms with van der Waals surface area (Å²) in [4.78, 5) is 12.6. The van der Waals surface area contributed by atoms with Gasteiger partial charge in [-0.2, -0.15) is 4.31 Å². The minimum Gasteiger partial charge on any atom is -0.324 e. The third-order valence-electron chi connectivity index (χ3n) is 4.85. The molecule has 5 nitrogen and oxygen atoms in total. The molecule has 0 saturated heterocycles. The van der Waals surface area contributed by atoms with E-state index < -0.39 is 21.7 Å². The fraction of sp³-hybridized carbons (Fsp3) is 0.350. The SMILES string of the molecule is O=C(CN(C1CCCCC1)S(=O)(=O)c1ccc(F)cc1)Nc1ccccc1Br. The van der Waals surface area contributed by atoms with E-state index in [2.05, 4.69) is 21.2 Å². The fourth-order valence-electron chi connectivity index (χ4n) is 3.42. The van der Waals surface area contributed by atoms with E-state index in [1.165, 1.54) is 16.4 Å². The van der Waals surface area contributed by atoms with Crippen LogP contribution in [0.25, 0.3) is 0 Å². The summed E-state index contributed by atoms with van der Waals surface area (Å²) in [6, 6.07) is 11.6. The Morgan fingerprint density at radius 2 is 1.71 bits per heavy atom. The number of anilines is 1. The highest BCUT2D eigenvalue weighted by Gasteiger charge is 2.34. The number of halogens is 2. The Labute approximate surface area is 173 Å². The molecule has 8 heteroatoms. The van der Waals surface area contributed by atoms with Crippen molar-refractivity contribution in [3.63, 3.8) is 0 Å². The van der Waals surface area contributed by atoms with Crippen molar-refractivity contribution in [1.29, 1.82) is 0 Å². The fourth-order valence-corrected chi connectivity index (χ4v) is 5.44. The zero-order valence-electron chi connectivity index (χ0n) is 15.3. The van der Waals surface area contributed by atoms with Gasteiger partial charge in [0.1, 0.15) is 5.82 Å². The maximum atomic E-state index is 13.2. The van der Waals surface area contributed by atoms with Crippen LogP contribution in [0.1, 0.15) is 32.1 Å². The average Bonchev–Trinajstić information content (AvgIpc) is 2.69. The van der Waals surface area contributed by atoms with Crippen molar-refractivity contribution in [2.45, 2.75) is 43.0 Å². The van der Waals surface area contributed by atoms with Gasteiger partial charge in [-0.05, 0) is 65.2 Å². The molecule has 0 radical (unpaired) electrons. The molecule has 1 saturated carbocycles. The van der Waals surface area contributed by atoms with E-state index in [9.17, 15) is 17.6 Å². The quantitative estimate of drug-likeness (QED) is 0.675. The first-order valence-electron chi connectivity index (χ1n) is 9.20. The number of sulfonamides is 1. The van der Waals surface area contributed by atoms with Crippen molar-refractivity contribution in [2.24, 2.45) is 0 Å². The second kappa shape index (κ2) is 9.15. The first-order chi connectivity index (χ1) is 13.4. The Morgan fingerprint density at radius 1 is 1.07 bits per heavy atom. The van der Waals surface area contributed by atoms with E-state index in [-0.39, 0.29) is 17.5 Å². The van der Waals surface area contributed by atoms with Crippen LogP contribution in [0.5, 0.6) is 0 Å². The van der Waals surface area contributed by atoms with Crippen LogP contribution in [0.15, 0.2) is 57.9 Å². The van der Waals surface area contributed by atoms with Gasteiger partial charge in [-0.1, -0.05) is 31.4 Å². The number of nitrogens with zero attached hydrogens (tertiary/aromatic N) is 1. The number of hydrogen-bond donors (Lipinski definition) is 1. The third kappa shape index (κ3) is 4.98. The van der Waals surface area contributed by atoms with Crippen LogP contribution in [0.2, 0.25) is 0 Å². The smallest absolute Gasteiger partial charge is 0.243 e. The number of benzene rings is 2. The predicted molar refractivity (Wildman–Crippen MR) is 110 cm³/mol. The van der Waals surface area contributed by atoms with Crippen molar-refractivity contribution in [3.05, 3.63) is 58.8 Å². The average molecular weight is 469 g/mol. The second-order valence-corrected chi connectivity index (χ2v) is 9.57. The molecule has 2 aromatic carbocycles. The van der Waals surface area contributed by atoms with Crippen molar-refractivity contribution in [2.75, 3.05) is 11.9 Å². The standard InChI is InChI=1S/C20H22BrFN2O3S/c21-18-8-4-5-9-19(18)23-20(25)14-24(16-6-2-1-3-7-16)28(26,27)17-12-10-15(22)11-13-17/h4-5,8-13,16H,1-3,6-7,14H2,(H,23,25). The first kappa shape index (κ1) is 21.0. The molecule has 28 heavy (non-hydrogen) atoms. The number of carbonyl (C=O) groups is 1. The molecule has 0 atom stereocenters. The topological polar surface area (TPSA) is 66.5 Å². The molecular weight excluding hydrogens is 447 g/mol. The Morgan fingerprint density at radius 3 is 2.36 bits per heavy atom. The van der Waals surface area contributed by atoms with Crippen LogP contribution >= 0.6 is 15.9 Å². The van der Waals surface area contributed by atoms with E-state index in [0.29, 0.717) is 23.0 Å². The van der Waals surface area contributed by atoms with Gasteiger partial charge in [-0.25, -0.2) is 12.8 Å². The summed E-state index contributed by atoms with van der Waals surface area (Å²) in [6.45, 7) is -0.286. The maximum Gasteiger partial charge on any atom is 0.243 e. The van der Waals surface area contributed by atoms with Gasteiger partial charge in [-0.15, -0.1) is 0 Å². The highest BCUT2D eigenvalue weighted by atomic mass is 79.9. The van der Waals surface area contributed by atoms with E-state index in [1.54, 1.807) is 18.2 Å². The van der Waals surface area contributed by atoms with Crippen molar-refractivity contribution in [1.82, 2.24) is 4.31 Å². The highest BCUT2D eigenvalue weighted by molar-refractivity contribution is 9.10. The molecule has 1 fully saturated rings. The molecule has 0 bridgehead atoms. The summed E-state index contributed by atoms with van der Waals surface area (Å²) < 4.78 is 41.7. The van der Waals surface area contributed by atoms with E-state index in [4.69, 9.17) is 0 Å². The Balaban J connectivity index is 1.85. The second-order valence-electron chi connectivity index (χ2n) is 6.82. The minimum absolute atomic E-state index is 0.00633. The van der Waals surface area contributed by atoms with Crippen LogP contribution in [0.4, 0.5) is 10.1 Å². The van der Waals surface area contributed by atoms with Gasteiger partial charge in [0.2, 0.25) is 15.9 Å². The molecule has 0 spiro atoms. The number of amides is 1. The van der Waals surface area contributed by atoms with Crippen LogP contribution in [-0.2, 0) is 14.8 Å². The van der Waals surface area contributed by atoms with Crippen molar-refractivity contribution < 1.29 is 17.6 Å². The molecule has 2 aromatic rings. The zero-order valence-corrected chi connectivity index (χ0v) is 17.7. The lowest BCUT2D eigenvalue weighted by Gasteiger charge is -2.33. The van der Waals surface area contributed by atoms with Gasteiger partial charge in [0, 0.05) is 10.5 Å². The lowest BCUT2D eigenvalue weighted by atomic mass is 9.95. The van der Waals surface area contributed by atoms with Crippen LogP contribution in [0, 0.1) is 5.82 Å². The van der Waals surface area contributed by atoms with Gasteiger partial charge in [0.15, 0.2) is 0 Å². The minimum atomic E-state index is -3.92. The molecular formula is C20H22BrFN2O3S. The summed E-state index contributed by atoms with van der Waals surface area (Å²) in [5.41, 5.74) is 0.579. The van der Waals surface area contributed by atoms with Gasteiger partial charge in [0.25, 0.3) is 0 Å². The predicted octanol–water partition coefficient (Wildman–Crippen LogP) is 4.55. The number of carbonyl (C=O) groups excluding carboxylic acids is 1. The summed E-state index contributed by atoms with van der Waals surface area (Å²) >= 11 is 3.37. The number of hydrogen-bond acceptors (Lipinski definition) is 3. The summed E-state index contributed by atoms with van der Waals surface area (Å²) in [5, 5.41) is 2.76. The number of rotatable bonds is 6. The Hall–Kier alpha value is -1.77. The molecule has 1 N–H and O–H groups in total. The maximum absolute atomic E-state index is 13.2. The van der Waals surface area contributed by atoms with Crippen LogP contribution in [0.3, 0.4) is 0 Å². The first-order valence-corrected chi connectivity index (χ1v) is 11.4. The van der Waals surface area contributed by atoms with Gasteiger partial charge in [-0.3, -0.25) is 4.79 Å². The molecule has 0 aromatic heterocycles. The lowest BCUT2D eigenvalue weighted by Crippen LogP contribution is -2.45. The molecule has 0 heterocycles. The van der Waals surface area contributed by atoms with Gasteiger partial charge < -0.3 is 5.32 Å². The van der Waals surface area contributed by atoms with Crippen LogP contribution in [-0.4, -0.2) is 31.2 Å². The van der Waals surface area contributed by atoms with Crippen molar-refractivity contribution in [3.8, 4) is 0 Å². The van der Waals surface area contributed by atoms with E-state index >= 15 is 0 Å². The molecule has 0 aliphatic heterocycles. The highest BCUT2D eigenvalue weighted by Crippen LogP contribution is 2.28. The normalized spacial score (nSPS) is 15.5. The molecule has 1 aliphatic carbocycles. The molecule has 1 amide bonds. The molecule has 1 aliphatic rings. The number of para-hydroxylation sites is 1. The number of nitrogens with one attached hydrogen (secondary N) is 1. The van der Waals surface area contributed by atoms with Gasteiger partial charge >= 0.3 is 0 Å². The largest absolute Gasteiger partial charge is 0.324 e. The van der Waals surface area contributed by atoms with Crippen LogP contribution < -0.4 is 5.32 Å². The van der Waals surface area contributed by atoms with E-state index in [0.717, 1.165) is 31.4 Å². The summed E-state index contributed by atoms with van der Waals surface area (Å²) in [6.07, 6.45) is 4.33.